The number of aliphatic imine (C=N–C) groups is 2. The van der Waals surface area contributed by atoms with Crippen molar-refractivity contribution in [2.24, 2.45) is 15.9 Å². The number of guanidine groups is 1. The standard InChI is InChI=1S/C19H14ClF3N6O3/c1-28(2)18-25-7-11(16(30)27-18)8-29-9-26-15(19(21,22)23)14(17(29)31)32-13-4-10(6-24)3-12(20)5-13/h3-5,7,9,11H,8H2,1-2H3. The van der Waals surface area contributed by atoms with E-state index in [1.165, 1.54) is 17.2 Å². The fourth-order valence-corrected chi connectivity index (χ4v) is 2.91. The van der Waals surface area contributed by atoms with Gasteiger partial charge in [-0.25, -0.2) is 9.98 Å². The molecule has 1 aliphatic rings. The van der Waals surface area contributed by atoms with Crippen LogP contribution in [-0.4, -0.2) is 46.6 Å². The van der Waals surface area contributed by atoms with Crippen molar-refractivity contribution < 1.29 is 22.7 Å². The Bertz CT molecular complexity index is 1230. The molecule has 9 nitrogen and oxygen atoms in total. The van der Waals surface area contributed by atoms with E-state index in [1.807, 2.05) is 0 Å². The van der Waals surface area contributed by atoms with Crippen molar-refractivity contribution >= 4 is 29.7 Å². The van der Waals surface area contributed by atoms with E-state index in [0.717, 1.165) is 16.7 Å². The highest BCUT2D eigenvalue weighted by molar-refractivity contribution is 6.30. The molecule has 0 bridgehead atoms. The highest BCUT2D eigenvalue weighted by Crippen LogP contribution is 2.35. The number of halogens is 4. The van der Waals surface area contributed by atoms with Gasteiger partial charge in [-0.2, -0.15) is 23.4 Å². The summed E-state index contributed by atoms with van der Waals surface area (Å²) in [5.74, 6) is -2.83. The molecule has 3 rings (SSSR count). The van der Waals surface area contributed by atoms with Crippen LogP contribution in [0.25, 0.3) is 0 Å². The molecule has 0 saturated carbocycles. The first-order valence-electron chi connectivity index (χ1n) is 8.89. The first kappa shape index (κ1) is 23.0. The summed E-state index contributed by atoms with van der Waals surface area (Å²) in [7, 11) is 3.26. The number of hydrogen-bond donors (Lipinski definition) is 0. The average Bonchev–Trinajstić information content (AvgIpc) is 2.70. The van der Waals surface area contributed by atoms with Crippen LogP contribution in [0.5, 0.6) is 11.5 Å². The van der Waals surface area contributed by atoms with E-state index in [9.17, 15) is 22.8 Å². The lowest BCUT2D eigenvalue weighted by Gasteiger charge is -2.19. The zero-order valence-corrected chi connectivity index (χ0v) is 17.3. The Morgan fingerprint density at radius 2 is 2.00 bits per heavy atom. The molecular formula is C19H14ClF3N6O3. The molecule has 13 heteroatoms. The van der Waals surface area contributed by atoms with Crippen molar-refractivity contribution in [2.45, 2.75) is 12.7 Å². The van der Waals surface area contributed by atoms with Crippen LogP contribution < -0.4 is 10.3 Å². The number of hydrogen-bond acceptors (Lipinski definition) is 7. The van der Waals surface area contributed by atoms with Crippen LogP contribution in [0.15, 0.2) is 39.3 Å². The summed E-state index contributed by atoms with van der Waals surface area (Å²) in [5.41, 5.74) is -2.73. The molecule has 1 amide bonds. The predicted molar refractivity (Wildman–Crippen MR) is 108 cm³/mol. The summed E-state index contributed by atoms with van der Waals surface area (Å²) in [6.07, 6.45) is -3.08. The van der Waals surface area contributed by atoms with E-state index in [4.69, 9.17) is 21.6 Å². The van der Waals surface area contributed by atoms with Gasteiger partial charge in [-0.05, 0) is 18.2 Å². The number of aromatic nitrogens is 2. The summed E-state index contributed by atoms with van der Waals surface area (Å²) in [5, 5.41) is 9.04. The number of ether oxygens (including phenoxy) is 1. The maximum Gasteiger partial charge on any atom is 0.437 e. The van der Waals surface area contributed by atoms with E-state index in [2.05, 4.69) is 15.0 Å². The van der Waals surface area contributed by atoms with E-state index < -0.39 is 35.0 Å². The number of carbonyl (C=O) groups excluding carboxylic acids is 1. The molecule has 2 heterocycles. The minimum Gasteiger partial charge on any atom is -0.449 e. The first-order valence-corrected chi connectivity index (χ1v) is 9.26. The summed E-state index contributed by atoms with van der Waals surface area (Å²) >= 11 is 5.85. The number of nitrogens with zero attached hydrogens (tertiary/aromatic N) is 6. The molecule has 1 unspecified atom stereocenters. The number of rotatable bonds is 4. The normalized spacial score (nSPS) is 15.8. The lowest BCUT2D eigenvalue weighted by atomic mass is 10.1. The minimum absolute atomic E-state index is 0.0175. The minimum atomic E-state index is -5.00. The second-order valence-electron chi connectivity index (χ2n) is 6.80. The molecule has 0 radical (unpaired) electrons. The molecule has 0 aliphatic carbocycles. The molecule has 0 saturated heterocycles. The van der Waals surface area contributed by atoms with E-state index in [1.54, 1.807) is 20.2 Å². The van der Waals surface area contributed by atoms with Gasteiger partial charge in [0.25, 0.3) is 11.5 Å². The molecule has 0 N–H and O–H groups in total. The maximum atomic E-state index is 13.5. The van der Waals surface area contributed by atoms with E-state index in [-0.39, 0.29) is 28.8 Å². The van der Waals surface area contributed by atoms with Gasteiger partial charge in [0.05, 0.1) is 23.9 Å². The predicted octanol–water partition coefficient (Wildman–Crippen LogP) is 2.72. The third-order valence-electron chi connectivity index (χ3n) is 4.18. The van der Waals surface area contributed by atoms with Crippen LogP contribution in [0.3, 0.4) is 0 Å². The second-order valence-corrected chi connectivity index (χ2v) is 7.23. The van der Waals surface area contributed by atoms with Gasteiger partial charge >= 0.3 is 6.18 Å². The molecule has 0 fully saturated rings. The molecular weight excluding hydrogens is 453 g/mol. The van der Waals surface area contributed by atoms with Crippen molar-refractivity contribution in [3.05, 3.63) is 51.2 Å². The van der Waals surface area contributed by atoms with Crippen molar-refractivity contribution in [2.75, 3.05) is 14.1 Å². The van der Waals surface area contributed by atoms with Gasteiger partial charge < -0.3 is 9.64 Å². The highest BCUT2D eigenvalue weighted by atomic mass is 35.5. The molecule has 32 heavy (non-hydrogen) atoms. The molecule has 2 aromatic rings. The third-order valence-corrected chi connectivity index (χ3v) is 4.39. The number of amides is 1. The Morgan fingerprint density at radius 1 is 1.28 bits per heavy atom. The Kier molecular flexibility index (Phi) is 6.31. The zero-order valence-electron chi connectivity index (χ0n) is 16.6. The van der Waals surface area contributed by atoms with Crippen molar-refractivity contribution in [3.63, 3.8) is 0 Å². The summed E-state index contributed by atoms with van der Waals surface area (Å²) in [6.45, 7) is -0.355. The fraction of sp³-hybridized carbons (Fsp3) is 0.263. The van der Waals surface area contributed by atoms with Gasteiger partial charge in [0, 0.05) is 31.9 Å². The Labute approximate surface area is 184 Å². The average molecular weight is 467 g/mol. The number of alkyl halides is 3. The molecule has 1 aromatic heterocycles. The van der Waals surface area contributed by atoms with Crippen LogP contribution in [-0.2, 0) is 17.5 Å². The fourth-order valence-electron chi connectivity index (χ4n) is 2.68. The smallest absolute Gasteiger partial charge is 0.437 e. The maximum absolute atomic E-state index is 13.5. The van der Waals surface area contributed by atoms with Crippen LogP contribution in [0.2, 0.25) is 5.02 Å². The second kappa shape index (κ2) is 8.80. The van der Waals surface area contributed by atoms with Gasteiger partial charge in [0.1, 0.15) is 5.75 Å². The molecule has 0 spiro atoms. The quantitative estimate of drug-likeness (QED) is 0.684. The van der Waals surface area contributed by atoms with Crippen LogP contribution in [0, 0.1) is 17.2 Å². The Morgan fingerprint density at radius 3 is 2.59 bits per heavy atom. The van der Waals surface area contributed by atoms with Crippen molar-refractivity contribution in [1.29, 1.82) is 5.26 Å². The lowest BCUT2D eigenvalue weighted by molar-refractivity contribution is -0.142. The van der Waals surface area contributed by atoms with E-state index >= 15 is 0 Å². The van der Waals surface area contributed by atoms with Gasteiger partial charge in [0.15, 0.2) is 5.69 Å². The first-order chi connectivity index (χ1) is 15.0. The van der Waals surface area contributed by atoms with Crippen molar-refractivity contribution in [1.82, 2.24) is 14.5 Å². The number of carbonyl (C=O) groups is 1. The third kappa shape index (κ3) is 4.94. The zero-order chi connectivity index (χ0) is 23.6. The van der Waals surface area contributed by atoms with Crippen molar-refractivity contribution in [3.8, 4) is 17.6 Å². The van der Waals surface area contributed by atoms with Gasteiger partial charge in [-0.3, -0.25) is 14.2 Å². The molecule has 1 atom stereocenters. The SMILES string of the molecule is CN(C)C1=NC(=O)C(Cn2cnc(C(F)(F)F)c(Oc3cc(Cl)cc(C#N)c3)c2=O)C=N1. The summed E-state index contributed by atoms with van der Waals surface area (Å²) in [4.78, 5) is 37.7. The molecule has 1 aliphatic heterocycles. The largest absolute Gasteiger partial charge is 0.449 e. The Balaban J connectivity index is 2.00. The van der Waals surface area contributed by atoms with Crippen LogP contribution in [0.1, 0.15) is 11.3 Å². The van der Waals surface area contributed by atoms with Crippen LogP contribution >= 0.6 is 11.6 Å². The molecule has 166 valence electrons. The molecule has 1 aromatic carbocycles. The van der Waals surface area contributed by atoms with Crippen LogP contribution in [0.4, 0.5) is 13.2 Å². The van der Waals surface area contributed by atoms with Gasteiger partial charge in [0.2, 0.25) is 11.7 Å². The summed E-state index contributed by atoms with van der Waals surface area (Å²) < 4.78 is 46.4. The van der Waals surface area contributed by atoms with E-state index in [0.29, 0.717) is 6.33 Å². The monoisotopic (exact) mass is 466 g/mol. The van der Waals surface area contributed by atoms with Gasteiger partial charge in [-0.15, -0.1) is 0 Å². The number of benzene rings is 1. The topological polar surface area (TPSA) is 113 Å². The number of nitriles is 1. The highest BCUT2D eigenvalue weighted by Gasteiger charge is 2.39. The summed E-state index contributed by atoms with van der Waals surface area (Å²) in [6, 6.07) is 5.33. The Hall–Kier alpha value is -3.72. The van der Waals surface area contributed by atoms with Gasteiger partial charge in [-0.1, -0.05) is 11.6 Å². The lowest BCUT2D eigenvalue weighted by Crippen LogP contribution is -2.34.